The lowest BCUT2D eigenvalue weighted by Crippen LogP contribution is -2.42. The number of hydrogen-bond acceptors (Lipinski definition) is 4. The van der Waals surface area contributed by atoms with Crippen molar-refractivity contribution in [2.24, 2.45) is 0 Å². The molecule has 8 nitrogen and oxygen atoms in total. The van der Waals surface area contributed by atoms with Gasteiger partial charge in [-0.1, -0.05) is 195 Å². The molecule has 0 bridgehead atoms. The molecule has 4 aliphatic carbocycles. The highest BCUT2D eigenvalue weighted by Gasteiger charge is 2.52. The lowest BCUT2D eigenvalue weighted by molar-refractivity contribution is -0.717. The molecule has 0 amide bonds. The van der Waals surface area contributed by atoms with Crippen LogP contribution in [0.4, 0.5) is 0 Å². The highest BCUT2D eigenvalue weighted by Crippen LogP contribution is 2.60. The molecule has 4 aromatic heterocycles. The van der Waals surface area contributed by atoms with Gasteiger partial charge in [0.1, 0.15) is 23.0 Å². The van der Waals surface area contributed by atoms with Gasteiger partial charge in [-0.25, -0.2) is 0 Å². The standard InChI is InChI=1S/2C27H20NO.2C23H18NO/c2*1-27(2)21-13-18-9-5-6-10-22(18)28-15-29-23-14-19-11-16-7-3-4-8-17(16)12-20(19)25(27)24(23)26(21)28;1-23(2)18-8-5-9-24-13-25-19-12-16-10-14-6-3-4-7-15(14)11-17(16)21(23)20(19)22(18)24;1-23(2)17-8-5-9-18-20(17)22-21(23)19-15(12-24(22)13-25-18)11-10-14-6-3-4-7-16(14)19/h2*3-14H,15H2,1-2H3;2*3-12H,13H2,1-2H3/q4*+1. The Balaban J connectivity index is 0.0000000872. The molecule has 0 N–H and O–H groups in total. The lowest BCUT2D eigenvalue weighted by Gasteiger charge is -2.22. The van der Waals surface area contributed by atoms with E-state index in [1.807, 2.05) is 0 Å². The number of hydrogen-bond donors (Lipinski definition) is 0. The number of para-hydroxylation sites is 2. The number of fused-ring (bicyclic) bond motifs is 17. The Kier molecular flexibility index (Phi) is 12.4. The van der Waals surface area contributed by atoms with Crippen LogP contribution in [0.25, 0.3) is 153 Å². The largest absolute Gasteiger partial charge is 0.435 e. The van der Waals surface area contributed by atoms with E-state index in [4.69, 9.17) is 18.9 Å². The first-order valence-corrected chi connectivity index (χ1v) is 38.1. The summed E-state index contributed by atoms with van der Waals surface area (Å²) in [6.07, 6.45) is 4.37. The summed E-state index contributed by atoms with van der Waals surface area (Å²) in [7, 11) is 0. The smallest absolute Gasteiger partial charge is 0.293 e. The van der Waals surface area contributed by atoms with Gasteiger partial charge in [0.25, 0.3) is 26.9 Å². The van der Waals surface area contributed by atoms with Gasteiger partial charge in [-0.15, -0.1) is 0 Å². The average molecular weight is 1400 g/mol. The molecule has 0 fully saturated rings. The molecule has 0 unspecified atom stereocenters. The molecule has 0 radical (unpaired) electrons. The number of aromatic nitrogens is 4. The number of benzene rings is 14. The van der Waals surface area contributed by atoms with Crippen LogP contribution in [0.5, 0.6) is 23.0 Å². The zero-order valence-corrected chi connectivity index (χ0v) is 61.7. The van der Waals surface area contributed by atoms with Gasteiger partial charge in [0.15, 0.2) is 12.4 Å². The summed E-state index contributed by atoms with van der Waals surface area (Å²) in [5, 5.41) is 23.4. The molecule has 0 saturated carbocycles. The minimum Gasteiger partial charge on any atom is -0.435 e. The van der Waals surface area contributed by atoms with Crippen LogP contribution in [0.3, 0.4) is 0 Å². The first-order chi connectivity index (χ1) is 52.6. The van der Waals surface area contributed by atoms with Crippen molar-refractivity contribution in [3.63, 3.8) is 0 Å². The van der Waals surface area contributed by atoms with Gasteiger partial charge in [-0.3, -0.25) is 0 Å². The normalized spacial score (nSPS) is 15.9. The van der Waals surface area contributed by atoms with Crippen molar-refractivity contribution in [3.8, 4) is 68.0 Å². The van der Waals surface area contributed by atoms with E-state index in [-0.39, 0.29) is 21.7 Å². The molecule has 8 heteroatoms. The molecular weight excluding hydrogens is 1320 g/mol. The molecule has 0 spiro atoms. The van der Waals surface area contributed by atoms with E-state index in [9.17, 15) is 0 Å². The van der Waals surface area contributed by atoms with Crippen molar-refractivity contribution in [2.45, 2.75) is 104 Å². The Morgan fingerprint density at radius 1 is 0.250 bits per heavy atom. The lowest BCUT2D eigenvalue weighted by atomic mass is 9.79. The SMILES string of the molecule is CC1(C)c2cc3ccccc3[n+]3c2-c2c(cc4cc5ccccc5cc4c21)OC3.CC1(C)c2cc3ccccc3[n+]3c2-c2c(cc4cc5ccccc5cc4c21)OC3.CC1(C)c2ccc[n+]3c2-c2c(cc4cc5ccccc5cc4c21)OC3.CC1(C)c2cccc3c2-c2c1c1c(ccc4ccccc41)c[n+]2CO3. The van der Waals surface area contributed by atoms with Gasteiger partial charge in [0, 0.05) is 83.7 Å². The van der Waals surface area contributed by atoms with E-state index < -0.39 is 0 Å². The van der Waals surface area contributed by atoms with Gasteiger partial charge >= 0.3 is 0 Å². The highest BCUT2D eigenvalue weighted by atomic mass is 16.5. The Hall–Kier alpha value is -12.5. The van der Waals surface area contributed by atoms with Crippen LogP contribution in [0.15, 0.2) is 267 Å². The fourth-order valence-corrected chi connectivity index (χ4v) is 20.7. The summed E-state index contributed by atoms with van der Waals surface area (Å²) in [4.78, 5) is 0. The molecular formula is C100H76N4O4+4. The van der Waals surface area contributed by atoms with Crippen molar-refractivity contribution in [1.29, 1.82) is 0 Å². The third-order valence-electron chi connectivity index (χ3n) is 25.7. The Morgan fingerprint density at radius 2 is 0.648 bits per heavy atom. The third kappa shape index (κ3) is 8.29. The van der Waals surface area contributed by atoms with Crippen LogP contribution in [-0.4, -0.2) is 0 Å². The van der Waals surface area contributed by atoms with Crippen LogP contribution in [0, 0.1) is 0 Å². The van der Waals surface area contributed by atoms with Crippen molar-refractivity contribution in [2.75, 3.05) is 0 Å². The number of rotatable bonds is 0. The van der Waals surface area contributed by atoms with Crippen LogP contribution in [-0.2, 0) is 48.6 Å². The second-order valence-electron chi connectivity index (χ2n) is 33.0. The summed E-state index contributed by atoms with van der Waals surface area (Å²) < 4.78 is 34.1. The highest BCUT2D eigenvalue weighted by molar-refractivity contribution is 6.13. The maximum atomic E-state index is 6.35. The zero-order chi connectivity index (χ0) is 72.2. The Labute approximate surface area is 625 Å². The van der Waals surface area contributed by atoms with Crippen molar-refractivity contribution in [3.05, 3.63) is 312 Å². The Bertz CT molecular complexity index is 6950. The monoisotopic (exact) mass is 1400 g/mol. The fraction of sp³-hybridized carbons (Fsp3) is 0.160. The summed E-state index contributed by atoms with van der Waals surface area (Å²) in [5.41, 5.74) is 23.9. The van der Waals surface area contributed by atoms with E-state index in [2.05, 4.69) is 341 Å². The Morgan fingerprint density at radius 3 is 1.17 bits per heavy atom. The summed E-state index contributed by atoms with van der Waals surface area (Å²) in [6, 6.07) is 92.7. The molecule has 108 heavy (non-hydrogen) atoms. The summed E-state index contributed by atoms with van der Waals surface area (Å²) in [6.45, 7) is 21.1. The fourth-order valence-electron chi connectivity index (χ4n) is 20.7. The minimum absolute atomic E-state index is 0.0297. The maximum Gasteiger partial charge on any atom is 0.293 e. The number of nitrogens with zero attached hydrogens (tertiary/aromatic N) is 4. The van der Waals surface area contributed by atoms with Gasteiger partial charge in [0.2, 0.25) is 33.8 Å². The topological polar surface area (TPSA) is 52.4 Å². The summed E-state index contributed by atoms with van der Waals surface area (Å²) in [5.74, 6) is 4.08. The first-order valence-electron chi connectivity index (χ1n) is 38.1. The molecule has 14 aromatic carbocycles. The van der Waals surface area contributed by atoms with Crippen molar-refractivity contribution >= 4 is 108 Å². The predicted molar refractivity (Wildman–Crippen MR) is 434 cm³/mol. The van der Waals surface area contributed by atoms with E-state index in [0.717, 1.165) is 23.0 Å². The predicted octanol–water partition coefficient (Wildman–Crippen LogP) is 22.1. The molecule has 516 valence electrons. The third-order valence-corrected chi connectivity index (χ3v) is 25.7. The number of ether oxygens (including phenoxy) is 4. The molecule has 18 aromatic rings. The van der Waals surface area contributed by atoms with Crippen LogP contribution >= 0.6 is 0 Å². The minimum atomic E-state index is -0.0825. The van der Waals surface area contributed by atoms with E-state index >= 15 is 0 Å². The van der Waals surface area contributed by atoms with Crippen molar-refractivity contribution < 1.29 is 37.2 Å². The second kappa shape index (κ2) is 21.6. The molecule has 4 aliphatic heterocycles. The zero-order valence-electron chi connectivity index (χ0n) is 61.7. The van der Waals surface area contributed by atoms with Crippen LogP contribution < -0.4 is 37.2 Å². The number of pyridine rings is 4. The molecule has 0 saturated heterocycles. The van der Waals surface area contributed by atoms with Crippen molar-refractivity contribution in [1.82, 2.24) is 0 Å². The molecule has 8 heterocycles. The second-order valence-corrected chi connectivity index (χ2v) is 33.0. The van der Waals surface area contributed by atoms with Crippen LogP contribution in [0.1, 0.15) is 99.9 Å². The molecule has 0 atom stereocenters. The maximum absolute atomic E-state index is 6.35. The average Bonchev–Trinajstić information content (AvgIpc) is 1.51. The summed E-state index contributed by atoms with van der Waals surface area (Å²) >= 11 is 0. The molecule has 8 aliphatic rings. The van der Waals surface area contributed by atoms with E-state index in [0.29, 0.717) is 26.9 Å². The van der Waals surface area contributed by atoms with Gasteiger partial charge in [-0.2, -0.15) is 18.3 Å². The van der Waals surface area contributed by atoms with E-state index in [1.54, 1.807) is 0 Å². The molecule has 26 rings (SSSR count). The van der Waals surface area contributed by atoms with Gasteiger partial charge in [-0.05, 0) is 195 Å². The van der Waals surface area contributed by atoms with Gasteiger partial charge < -0.3 is 18.9 Å². The quantitative estimate of drug-likeness (QED) is 0.0863. The first kappa shape index (κ1) is 61.8. The van der Waals surface area contributed by atoms with E-state index in [1.165, 1.54) is 198 Å². The van der Waals surface area contributed by atoms with Gasteiger partial charge in [0.05, 0.1) is 22.3 Å². The van der Waals surface area contributed by atoms with Crippen LogP contribution in [0.2, 0.25) is 0 Å².